The molecule has 6 heteroatoms. The van der Waals surface area contributed by atoms with E-state index in [0.717, 1.165) is 9.35 Å². The standard InChI is InChI=1S/C16H15BrO4S/c1-19-14-6-10(7-15(20-2)16(14)21-3)13(18)5-4-12-8-11(17)9-22-12/h4-9H,1-3H3/b5-4+. The molecular weight excluding hydrogens is 368 g/mol. The predicted octanol–water partition coefficient (Wildman–Crippen LogP) is 4.43. The molecule has 22 heavy (non-hydrogen) atoms. The van der Waals surface area contributed by atoms with Crippen LogP contribution in [0.2, 0.25) is 0 Å². The second-order valence-electron chi connectivity index (χ2n) is 4.28. The van der Waals surface area contributed by atoms with Crippen LogP contribution in [0.25, 0.3) is 6.08 Å². The molecule has 0 atom stereocenters. The Balaban J connectivity index is 2.31. The number of rotatable bonds is 6. The summed E-state index contributed by atoms with van der Waals surface area (Å²) in [4.78, 5) is 13.3. The fraction of sp³-hybridized carbons (Fsp3) is 0.188. The van der Waals surface area contributed by atoms with Gasteiger partial charge in [-0.05, 0) is 46.3 Å². The van der Waals surface area contributed by atoms with Crippen molar-refractivity contribution in [3.63, 3.8) is 0 Å². The Bertz CT molecular complexity index is 681. The molecule has 116 valence electrons. The van der Waals surface area contributed by atoms with Crippen molar-refractivity contribution in [2.24, 2.45) is 0 Å². The highest BCUT2D eigenvalue weighted by Crippen LogP contribution is 2.38. The molecule has 0 saturated heterocycles. The molecule has 0 radical (unpaired) electrons. The van der Waals surface area contributed by atoms with Crippen LogP contribution in [0.4, 0.5) is 0 Å². The lowest BCUT2D eigenvalue weighted by molar-refractivity contribution is 0.104. The minimum Gasteiger partial charge on any atom is -0.493 e. The van der Waals surface area contributed by atoms with Gasteiger partial charge in [0.25, 0.3) is 0 Å². The molecule has 0 aliphatic carbocycles. The first-order chi connectivity index (χ1) is 10.6. The molecule has 1 aromatic carbocycles. The van der Waals surface area contributed by atoms with Gasteiger partial charge in [0, 0.05) is 20.3 Å². The van der Waals surface area contributed by atoms with Crippen molar-refractivity contribution >= 4 is 39.1 Å². The van der Waals surface area contributed by atoms with Gasteiger partial charge in [-0.3, -0.25) is 4.79 Å². The van der Waals surface area contributed by atoms with Gasteiger partial charge in [0.05, 0.1) is 21.3 Å². The second kappa shape index (κ2) is 7.47. The molecular formula is C16H15BrO4S. The number of methoxy groups -OCH3 is 3. The van der Waals surface area contributed by atoms with Crippen LogP contribution in [0.15, 0.2) is 34.1 Å². The average Bonchev–Trinajstić information content (AvgIpc) is 2.96. The monoisotopic (exact) mass is 382 g/mol. The van der Waals surface area contributed by atoms with Crippen LogP contribution >= 0.6 is 27.3 Å². The summed E-state index contributed by atoms with van der Waals surface area (Å²) in [5, 5.41) is 1.96. The zero-order valence-electron chi connectivity index (χ0n) is 12.4. The first-order valence-electron chi connectivity index (χ1n) is 6.35. The van der Waals surface area contributed by atoms with E-state index in [1.807, 2.05) is 11.4 Å². The zero-order valence-corrected chi connectivity index (χ0v) is 14.8. The highest BCUT2D eigenvalue weighted by molar-refractivity contribution is 9.10. The number of thiophene rings is 1. The number of benzene rings is 1. The van der Waals surface area contributed by atoms with Crippen molar-refractivity contribution in [1.29, 1.82) is 0 Å². The van der Waals surface area contributed by atoms with Gasteiger partial charge in [0.15, 0.2) is 17.3 Å². The number of halogens is 1. The fourth-order valence-corrected chi connectivity index (χ4v) is 3.23. The van der Waals surface area contributed by atoms with Gasteiger partial charge in [-0.2, -0.15) is 0 Å². The number of carbonyl (C=O) groups is 1. The van der Waals surface area contributed by atoms with E-state index in [1.165, 1.54) is 27.4 Å². The summed E-state index contributed by atoms with van der Waals surface area (Å²) >= 11 is 4.94. The summed E-state index contributed by atoms with van der Waals surface area (Å²) in [6, 6.07) is 5.22. The van der Waals surface area contributed by atoms with Crippen molar-refractivity contribution in [1.82, 2.24) is 0 Å². The van der Waals surface area contributed by atoms with Gasteiger partial charge < -0.3 is 14.2 Å². The van der Waals surface area contributed by atoms with Gasteiger partial charge in [0.1, 0.15) is 0 Å². The molecule has 0 spiro atoms. The summed E-state index contributed by atoms with van der Waals surface area (Å²) < 4.78 is 16.7. The molecule has 1 heterocycles. The maximum absolute atomic E-state index is 12.3. The quantitative estimate of drug-likeness (QED) is 0.547. The van der Waals surface area contributed by atoms with Gasteiger partial charge in [-0.15, -0.1) is 11.3 Å². The lowest BCUT2D eigenvalue weighted by Crippen LogP contribution is -2.00. The van der Waals surface area contributed by atoms with E-state index in [2.05, 4.69) is 15.9 Å². The Kier molecular flexibility index (Phi) is 5.63. The van der Waals surface area contributed by atoms with Crippen LogP contribution in [0.5, 0.6) is 17.2 Å². The smallest absolute Gasteiger partial charge is 0.203 e. The number of ketones is 1. The van der Waals surface area contributed by atoms with Crippen molar-refractivity contribution in [2.75, 3.05) is 21.3 Å². The van der Waals surface area contributed by atoms with Crippen molar-refractivity contribution < 1.29 is 19.0 Å². The molecule has 0 aliphatic rings. The van der Waals surface area contributed by atoms with Crippen LogP contribution in [0.3, 0.4) is 0 Å². The summed E-state index contributed by atoms with van der Waals surface area (Å²) in [6.45, 7) is 0. The van der Waals surface area contributed by atoms with Crippen LogP contribution in [-0.4, -0.2) is 27.1 Å². The fourth-order valence-electron chi connectivity index (χ4n) is 1.89. The molecule has 4 nitrogen and oxygen atoms in total. The van der Waals surface area contributed by atoms with Crippen molar-refractivity contribution in [2.45, 2.75) is 0 Å². The average molecular weight is 383 g/mol. The molecule has 0 bridgehead atoms. The van der Waals surface area contributed by atoms with E-state index >= 15 is 0 Å². The third kappa shape index (κ3) is 3.69. The number of ether oxygens (including phenoxy) is 3. The van der Waals surface area contributed by atoms with Crippen molar-refractivity contribution in [3.05, 3.63) is 44.6 Å². The Morgan fingerprint density at radius 1 is 1.09 bits per heavy atom. The zero-order chi connectivity index (χ0) is 16.1. The van der Waals surface area contributed by atoms with Gasteiger partial charge in [0.2, 0.25) is 5.75 Å². The topological polar surface area (TPSA) is 44.8 Å². The maximum Gasteiger partial charge on any atom is 0.203 e. The lowest BCUT2D eigenvalue weighted by atomic mass is 10.1. The molecule has 0 unspecified atom stereocenters. The molecule has 0 N–H and O–H groups in total. The van der Waals surface area contributed by atoms with Crippen LogP contribution in [-0.2, 0) is 0 Å². The molecule has 2 rings (SSSR count). The summed E-state index contributed by atoms with van der Waals surface area (Å²) in [6.07, 6.45) is 3.31. The summed E-state index contributed by atoms with van der Waals surface area (Å²) in [5.74, 6) is 1.24. The van der Waals surface area contributed by atoms with E-state index in [4.69, 9.17) is 14.2 Å². The van der Waals surface area contributed by atoms with Crippen LogP contribution < -0.4 is 14.2 Å². The third-order valence-electron chi connectivity index (χ3n) is 2.94. The first kappa shape index (κ1) is 16.6. The predicted molar refractivity (Wildman–Crippen MR) is 91.5 cm³/mol. The van der Waals surface area contributed by atoms with E-state index < -0.39 is 0 Å². The number of carbonyl (C=O) groups excluding carboxylic acids is 1. The van der Waals surface area contributed by atoms with Crippen LogP contribution in [0.1, 0.15) is 15.2 Å². The third-order valence-corrected chi connectivity index (χ3v) is 4.59. The molecule has 0 fully saturated rings. The molecule has 2 aromatic rings. The van der Waals surface area contributed by atoms with E-state index in [9.17, 15) is 4.79 Å². The molecule has 1 aromatic heterocycles. The Hall–Kier alpha value is -1.79. The molecule has 0 amide bonds. The maximum atomic E-state index is 12.3. The largest absolute Gasteiger partial charge is 0.493 e. The second-order valence-corrected chi connectivity index (χ2v) is 6.14. The minimum atomic E-state index is -0.135. The van der Waals surface area contributed by atoms with E-state index in [0.29, 0.717) is 22.8 Å². The van der Waals surface area contributed by atoms with Gasteiger partial charge in [-0.1, -0.05) is 0 Å². The Labute approximate surface area is 141 Å². The Morgan fingerprint density at radius 3 is 2.18 bits per heavy atom. The van der Waals surface area contributed by atoms with Crippen molar-refractivity contribution in [3.8, 4) is 17.2 Å². The minimum absolute atomic E-state index is 0.135. The summed E-state index contributed by atoms with van der Waals surface area (Å²) in [5.41, 5.74) is 0.473. The summed E-state index contributed by atoms with van der Waals surface area (Å²) in [7, 11) is 4.56. The molecule has 0 aliphatic heterocycles. The van der Waals surface area contributed by atoms with Crippen LogP contribution in [0, 0.1) is 0 Å². The first-order valence-corrected chi connectivity index (χ1v) is 8.02. The highest BCUT2D eigenvalue weighted by atomic mass is 79.9. The lowest BCUT2D eigenvalue weighted by Gasteiger charge is -2.13. The van der Waals surface area contributed by atoms with E-state index in [1.54, 1.807) is 29.5 Å². The SMILES string of the molecule is COc1cc(C(=O)/C=C/c2cc(Br)cs2)cc(OC)c1OC. The molecule has 0 saturated carbocycles. The number of hydrogen-bond donors (Lipinski definition) is 0. The van der Waals surface area contributed by atoms with Gasteiger partial charge in [-0.25, -0.2) is 0 Å². The normalized spacial score (nSPS) is 10.7. The Morgan fingerprint density at radius 2 is 1.73 bits per heavy atom. The van der Waals surface area contributed by atoms with Gasteiger partial charge >= 0.3 is 0 Å². The number of allylic oxidation sites excluding steroid dienone is 1. The highest BCUT2D eigenvalue weighted by Gasteiger charge is 2.15. The van der Waals surface area contributed by atoms with E-state index in [-0.39, 0.29) is 5.78 Å². The number of hydrogen-bond acceptors (Lipinski definition) is 5.